The molecule has 0 aliphatic carbocycles. The topological polar surface area (TPSA) is 74.0 Å². The highest BCUT2D eigenvalue weighted by Crippen LogP contribution is 2.39. The molecule has 1 atom stereocenters. The lowest BCUT2D eigenvalue weighted by Crippen LogP contribution is -2.26. The first-order chi connectivity index (χ1) is 14.2. The maximum absolute atomic E-state index is 12.6. The van der Waals surface area contributed by atoms with E-state index in [0.717, 1.165) is 11.1 Å². The lowest BCUT2D eigenvalue weighted by Gasteiger charge is -2.28. The van der Waals surface area contributed by atoms with Crippen molar-refractivity contribution >= 4 is 11.7 Å². The smallest absolute Gasteiger partial charge is 0.422 e. The average Bonchev–Trinajstić information content (AvgIpc) is 3.15. The minimum absolute atomic E-state index is 0.0232. The van der Waals surface area contributed by atoms with Gasteiger partial charge in [-0.3, -0.25) is 9.69 Å². The van der Waals surface area contributed by atoms with Crippen LogP contribution < -0.4 is 15.2 Å². The summed E-state index contributed by atoms with van der Waals surface area (Å²) in [5.74, 6) is -0.301. The minimum atomic E-state index is -4.49. The van der Waals surface area contributed by atoms with Crippen LogP contribution in [-0.2, 0) is 22.6 Å². The number of carbonyl (C=O) groups is 1. The van der Waals surface area contributed by atoms with E-state index in [1.807, 2.05) is 23.1 Å². The third-order valence-corrected chi connectivity index (χ3v) is 5.04. The van der Waals surface area contributed by atoms with E-state index in [2.05, 4.69) is 0 Å². The second kappa shape index (κ2) is 8.83. The Kier molecular flexibility index (Phi) is 6.40. The van der Waals surface area contributed by atoms with Crippen LogP contribution in [0.25, 0.3) is 0 Å². The van der Waals surface area contributed by atoms with E-state index in [1.165, 1.54) is 26.4 Å². The van der Waals surface area contributed by atoms with Crippen molar-refractivity contribution in [3.05, 3.63) is 53.1 Å². The van der Waals surface area contributed by atoms with E-state index in [1.54, 1.807) is 6.07 Å². The number of alkyl halides is 3. The normalized spacial score (nSPS) is 14.8. The van der Waals surface area contributed by atoms with Crippen LogP contribution in [0.15, 0.2) is 36.4 Å². The van der Waals surface area contributed by atoms with Gasteiger partial charge in [0.25, 0.3) is 0 Å². The molecule has 1 aliphatic rings. The molecule has 162 valence electrons. The first-order valence-corrected chi connectivity index (χ1v) is 9.26. The summed E-state index contributed by atoms with van der Waals surface area (Å²) in [7, 11) is 2.64. The molecule has 2 aromatic rings. The van der Waals surface area contributed by atoms with E-state index in [9.17, 15) is 18.0 Å². The Labute approximate surface area is 172 Å². The lowest BCUT2D eigenvalue weighted by atomic mass is 10.0. The number of benzene rings is 2. The summed E-state index contributed by atoms with van der Waals surface area (Å²) in [5, 5.41) is 0. The van der Waals surface area contributed by atoms with E-state index in [4.69, 9.17) is 19.9 Å². The number of rotatable bonds is 7. The zero-order valence-corrected chi connectivity index (χ0v) is 16.7. The quantitative estimate of drug-likeness (QED) is 0.538. The van der Waals surface area contributed by atoms with Crippen molar-refractivity contribution in [2.75, 3.05) is 26.6 Å². The number of methoxy groups -OCH3 is 2. The maximum atomic E-state index is 12.6. The summed E-state index contributed by atoms with van der Waals surface area (Å²) >= 11 is 0. The second-order valence-electron chi connectivity index (χ2n) is 7.00. The molecule has 6 nitrogen and oxygen atoms in total. The molecule has 2 aromatic carbocycles. The maximum Gasteiger partial charge on any atom is 0.422 e. The van der Waals surface area contributed by atoms with Crippen LogP contribution in [0.5, 0.6) is 11.5 Å². The fraction of sp³-hybridized carbons (Fsp3) is 0.381. The molecule has 1 heterocycles. The van der Waals surface area contributed by atoms with Gasteiger partial charge in [-0.05, 0) is 34.9 Å². The molecule has 0 saturated carbocycles. The number of esters is 1. The third-order valence-electron chi connectivity index (χ3n) is 5.04. The number of fused-ring (bicyclic) bond motifs is 1. The van der Waals surface area contributed by atoms with Gasteiger partial charge in [0.05, 0.1) is 20.6 Å². The predicted molar refractivity (Wildman–Crippen MR) is 104 cm³/mol. The van der Waals surface area contributed by atoms with Crippen LogP contribution in [0.1, 0.15) is 29.2 Å². The molecule has 0 amide bonds. The van der Waals surface area contributed by atoms with Gasteiger partial charge in [-0.1, -0.05) is 18.2 Å². The standard InChI is InChI=1S/C21H23F3N2O4/c1-28-18-7-6-13(8-19(18)30-12-21(22,23)24)17(9-20(27)29-2)26-10-14-4-3-5-16(25)15(14)11-26/h3-8,17H,9-12,25H2,1-2H3. The lowest BCUT2D eigenvalue weighted by molar-refractivity contribution is -0.153. The van der Waals surface area contributed by atoms with Gasteiger partial charge in [0, 0.05) is 24.8 Å². The van der Waals surface area contributed by atoms with Crippen LogP contribution in [0, 0.1) is 0 Å². The Bertz CT molecular complexity index is 918. The second-order valence-corrected chi connectivity index (χ2v) is 7.00. The number of nitrogens with two attached hydrogens (primary N) is 1. The highest BCUT2D eigenvalue weighted by Gasteiger charge is 2.32. The third kappa shape index (κ3) is 4.96. The number of hydrogen-bond donors (Lipinski definition) is 1. The van der Waals surface area contributed by atoms with E-state index < -0.39 is 24.8 Å². The molecule has 3 rings (SSSR count). The summed E-state index contributed by atoms with van der Waals surface area (Å²) in [5.41, 5.74) is 9.39. The summed E-state index contributed by atoms with van der Waals surface area (Å²) < 4.78 is 52.8. The zero-order valence-electron chi connectivity index (χ0n) is 16.7. The molecule has 9 heteroatoms. The Hall–Kier alpha value is -2.94. The first kappa shape index (κ1) is 21.8. The zero-order chi connectivity index (χ0) is 21.9. The summed E-state index contributed by atoms with van der Waals surface area (Å²) in [4.78, 5) is 14.1. The summed E-state index contributed by atoms with van der Waals surface area (Å²) in [6.45, 7) is -0.387. The van der Waals surface area contributed by atoms with Gasteiger partial charge in [0.2, 0.25) is 0 Å². The van der Waals surface area contributed by atoms with E-state index >= 15 is 0 Å². The number of ether oxygens (including phenoxy) is 3. The largest absolute Gasteiger partial charge is 0.493 e. The highest BCUT2D eigenvalue weighted by atomic mass is 19.4. The van der Waals surface area contributed by atoms with Crippen molar-refractivity contribution < 1.29 is 32.2 Å². The molecule has 0 spiro atoms. The van der Waals surface area contributed by atoms with Gasteiger partial charge in [-0.15, -0.1) is 0 Å². The van der Waals surface area contributed by atoms with Crippen molar-refractivity contribution in [3.8, 4) is 11.5 Å². The molecule has 0 fully saturated rings. The Morgan fingerprint density at radius 1 is 1.17 bits per heavy atom. The Morgan fingerprint density at radius 3 is 2.57 bits per heavy atom. The minimum Gasteiger partial charge on any atom is -0.493 e. The Balaban J connectivity index is 1.92. The van der Waals surface area contributed by atoms with Crippen LogP contribution in [0.4, 0.5) is 18.9 Å². The molecule has 2 N–H and O–H groups in total. The average molecular weight is 424 g/mol. The molecule has 0 aromatic heterocycles. The van der Waals surface area contributed by atoms with Crippen molar-refractivity contribution in [1.82, 2.24) is 4.90 Å². The van der Waals surface area contributed by atoms with Crippen molar-refractivity contribution in [3.63, 3.8) is 0 Å². The SMILES string of the molecule is COC(=O)CC(c1ccc(OC)c(OCC(F)(F)F)c1)N1Cc2cccc(N)c2C1. The van der Waals surface area contributed by atoms with Crippen molar-refractivity contribution in [2.24, 2.45) is 0 Å². The summed E-state index contributed by atoms with van der Waals surface area (Å²) in [6, 6.07) is 9.92. The van der Waals surface area contributed by atoms with Gasteiger partial charge in [-0.25, -0.2) is 0 Å². The predicted octanol–water partition coefficient (Wildman–Crippen LogP) is 3.84. The molecule has 1 unspecified atom stereocenters. The molecule has 30 heavy (non-hydrogen) atoms. The van der Waals surface area contributed by atoms with Crippen molar-refractivity contribution in [1.29, 1.82) is 0 Å². The number of anilines is 1. The highest BCUT2D eigenvalue weighted by molar-refractivity contribution is 5.70. The van der Waals surface area contributed by atoms with Crippen LogP contribution in [0.3, 0.4) is 0 Å². The van der Waals surface area contributed by atoms with E-state index in [-0.39, 0.29) is 17.9 Å². The van der Waals surface area contributed by atoms with Gasteiger partial charge in [0.15, 0.2) is 18.1 Å². The van der Waals surface area contributed by atoms with E-state index in [0.29, 0.717) is 24.3 Å². The number of nitrogen functional groups attached to an aromatic ring is 1. The Morgan fingerprint density at radius 2 is 1.93 bits per heavy atom. The first-order valence-electron chi connectivity index (χ1n) is 9.26. The van der Waals surface area contributed by atoms with Crippen LogP contribution in [0.2, 0.25) is 0 Å². The molecule has 0 bridgehead atoms. The number of nitrogens with zero attached hydrogens (tertiary/aromatic N) is 1. The molecule has 0 radical (unpaired) electrons. The van der Waals surface area contributed by atoms with Gasteiger partial charge in [-0.2, -0.15) is 13.2 Å². The number of hydrogen-bond acceptors (Lipinski definition) is 6. The van der Waals surface area contributed by atoms with Gasteiger partial charge in [0.1, 0.15) is 0 Å². The van der Waals surface area contributed by atoms with Crippen molar-refractivity contribution in [2.45, 2.75) is 31.7 Å². The molecule has 0 saturated heterocycles. The number of carbonyl (C=O) groups excluding carboxylic acids is 1. The fourth-order valence-electron chi connectivity index (χ4n) is 3.57. The molecular formula is C21H23F3N2O4. The van der Waals surface area contributed by atoms with Crippen LogP contribution in [-0.4, -0.2) is 37.9 Å². The monoisotopic (exact) mass is 424 g/mol. The number of halogens is 3. The molecular weight excluding hydrogens is 401 g/mol. The summed E-state index contributed by atoms with van der Waals surface area (Å²) in [6.07, 6.45) is -4.46. The van der Waals surface area contributed by atoms with Crippen LogP contribution >= 0.6 is 0 Å². The fourth-order valence-corrected chi connectivity index (χ4v) is 3.57. The molecule has 1 aliphatic heterocycles. The van der Waals surface area contributed by atoms with Gasteiger partial charge < -0.3 is 19.9 Å². The van der Waals surface area contributed by atoms with Gasteiger partial charge >= 0.3 is 12.1 Å².